The van der Waals surface area contributed by atoms with Crippen molar-refractivity contribution >= 4 is 0 Å². The Labute approximate surface area is 70.2 Å². The number of piperazine rings is 1. The lowest BCUT2D eigenvalue weighted by Gasteiger charge is -2.39. The molecule has 12 heavy (non-hydrogen) atoms. The van der Waals surface area contributed by atoms with Gasteiger partial charge in [0.1, 0.15) is 0 Å². The van der Waals surface area contributed by atoms with E-state index in [4.69, 9.17) is 0 Å². The molecule has 0 radical (unpaired) electrons. The van der Waals surface area contributed by atoms with Gasteiger partial charge in [-0.05, 0) is 19.0 Å². The Bertz CT molecular complexity index is 198. The number of nitrogens with one attached hydrogen (secondary N) is 1. The third-order valence-electron chi connectivity index (χ3n) is 2.10. The van der Waals surface area contributed by atoms with Crippen molar-refractivity contribution in [1.29, 1.82) is 0 Å². The van der Waals surface area contributed by atoms with Gasteiger partial charge in [0.2, 0.25) is 5.66 Å². The number of hydrogen-bond donors (Lipinski definition) is 1. The van der Waals surface area contributed by atoms with Gasteiger partial charge in [-0.2, -0.15) is 0 Å². The molecule has 2 unspecified atom stereocenters. The van der Waals surface area contributed by atoms with E-state index < -0.39 is 5.66 Å². The number of nitrogens with zero attached hydrogens (tertiary/aromatic N) is 3. The highest BCUT2D eigenvalue weighted by Crippen LogP contribution is 2.22. The molecule has 0 spiro atoms. The normalized spacial score (nSPS) is 36.2. The van der Waals surface area contributed by atoms with Gasteiger partial charge < -0.3 is 5.32 Å². The van der Waals surface area contributed by atoms with Crippen molar-refractivity contribution in [2.75, 3.05) is 13.1 Å². The molecule has 6 heteroatoms. The van der Waals surface area contributed by atoms with Crippen LogP contribution in [0, 0.1) is 9.81 Å². The van der Waals surface area contributed by atoms with E-state index in [1.165, 1.54) is 5.01 Å². The zero-order valence-corrected chi connectivity index (χ0v) is 7.15. The quantitative estimate of drug-likeness (QED) is 0.613. The van der Waals surface area contributed by atoms with Crippen LogP contribution in [-0.2, 0) is 0 Å². The van der Waals surface area contributed by atoms with Gasteiger partial charge >= 0.3 is 0 Å². The van der Waals surface area contributed by atoms with Crippen LogP contribution in [0.15, 0.2) is 10.5 Å². The van der Waals surface area contributed by atoms with Crippen LogP contribution in [0.3, 0.4) is 0 Å². The predicted octanol–water partition coefficient (Wildman–Crippen LogP) is 0.444. The molecule has 1 heterocycles. The van der Waals surface area contributed by atoms with E-state index in [1.54, 1.807) is 6.92 Å². The first-order valence-corrected chi connectivity index (χ1v) is 3.82. The van der Waals surface area contributed by atoms with Crippen LogP contribution >= 0.6 is 0 Å². The Hall–Kier alpha value is -1.04. The van der Waals surface area contributed by atoms with Crippen LogP contribution in [-0.4, -0.2) is 29.8 Å². The van der Waals surface area contributed by atoms with E-state index in [1.807, 2.05) is 6.92 Å². The topological polar surface area (TPSA) is 74.1 Å². The van der Waals surface area contributed by atoms with E-state index in [2.05, 4.69) is 15.8 Å². The molecule has 1 saturated heterocycles. The molecule has 0 amide bonds. The first-order chi connectivity index (χ1) is 5.64. The lowest BCUT2D eigenvalue weighted by atomic mass is 10.1. The summed E-state index contributed by atoms with van der Waals surface area (Å²) in [5.74, 6) is 0. The van der Waals surface area contributed by atoms with Crippen molar-refractivity contribution in [2.45, 2.75) is 25.6 Å². The van der Waals surface area contributed by atoms with Crippen molar-refractivity contribution in [3.63, 3.8) is 0 Å². The molecule has 1 aliphatic heterocycles. The van der Waals surface area contributed by atoms with Crippen molar-refractivity contribution in [2.24, 2.45) is 10.5 Å². The molecule has 1 N–H and O–H groups in total. The van der Waals surface area contributed by atoms with Crippen molar-refractivity contribution in [3.8, 4) is 0 Å². The maximum Gasteiger partial charge on any atom is 0.201 e. The Balaban J connectivity index is 2.83. The Morgan fingerprint density at radius 2 is 2.25 bits per heavy atom. The second-order valence-corrected chi connectivity index (χ2v) is 3.21. The molecule has 0 aliphatic carbocycles. The first-order valence-electron chi connectivity index (χ1n) is 3.82. The summed E-state index contributed by atoms with van der Waals surface area (Å²) in [4.78, 5) is 20.9. The lowest BCUT2D eigenvalue weighted by molar-refractivity contribution is 0.0381. The summed E-state index contributed by atoms with van der Waals surface area (Å²) in [7, 11) is 0. The maximum absolute atomic E-state index is 10.5. The highest BCUT2D eigenvalue weighted by atomic mass is 16.3. The second-order valence-electron chi connectivity index (χ2n) is 3.21. The zero-order valence-electron chi connectivity index (χ0n) is 7.15. The minimum atomic E-state index is -1.03. The van der Waals surface area contributed by atoms with Gasteiger partial charge in [0.15, 0.2) is 0 Å². The maximum atomic E-state index is 10.5. The van der Waals surface area contributed by atoms with Crippen molar-refractivity contribution in [1.82, 2.24) is 10.3 Å². The summed E-state index contributed by atoms with van der Waals surface area (Å²) in [6.45, 7) is 4.42. The van der Waals surface area contributed by atoms with Gasteiger partial charge in [0, 0.05) is 13.1 Å². The van der Waals surface area contributed by atoms with Gasteiger partial charge in [0.25, 0.3) is 0 Å². The van der Waals surface area contributed by atoms with Gasteiger partial charge in [-0.25, -0.2) is 5.01 Å². The van der Waals surface area contributed by atoms with E-state index in [9.17, 15) is 9.81 Å². The lowest BCUT2D eigenvalue weighted by Crippen LogP contribution is -2.60. The van der Waals surface area contributed by atoms with Crippen LogP contribution < -0.4 is 5.32 Å². The SMILES string of the molecule is CC1CNCC(C)(N=O)N1N=O. The highest BCUT2D eigenvalue weighted by molar-refractivity contribution is 4.91. The fraction of sp³-hybridized carbons (Fsp3) is 1.00. The molecule has 0 aromatic rings. The molecule has 1 aliphatic rings. The molecule has 1 rings (SSSR count). The van der Waals surface area contributed by atoms with Crippen LogP contribution in [0.25, 0.3) is 0 Å². The van der Waals surface area contributed by atoms with E-state index in [-0.39, 0.29) is 6.04 Å². The summed E-state index contributed by atoms with van der Waals surface area (Å²) in [5, 5.41) is 9.91. The highest BCUT2D eigenvalue weighted by Gasteiger charge is 2.40. The van der Waals surface area contributed by atoms with Crippen LogP contribution in [0.5, 0.6) is 0 Å². The van der Waals surface area contributed by atoms with E-state index in [0.717, 1.165) is 0 Å². The summed E-state index contributed by atoms with van der Waals surface area (Å²) in [5.41, 5.74) is -1.03. The monoisotopic (exact) mass is 172 g/mol. The molecule has 0 bridgehead atoms. The summed E-state index contributed by atoms with van der Waals surface area (Å²) in [6, 6.07) is -0.0843. The fourth-order valence-electron chi connectivity index (χ4n) is 1.40. The number of nitroso groups, excluding NO2 is 2. The molecule has 2 atom stereocenters. The minimum Gasteiger partial charge on any atom is -0.310 e. The smallest absolute Gasteiger partial charge is 0.201 e. The average Bonchev–Trinajstić information content (AvgIpc) is 2.05. The average molecular weight is 172 g/mol. The number of hydrogen-bond acceptors (Lipinski definition) is 5. The fourth-order valence-corrected chi connectivity index (χ4v) is 1.40. The molecule has 6 nitrogen and oxygen atoms in total. The first kappa shape index (κ1) is 9.05. The molecule has 68 valence electrons. The second kappa shape index (κ2) is 3.14. The molecule has 0 aromatic carbocycles. The van der Waals surface area contributed by atoms with E-state index >= 15 is 0 Å². The Morgan fingerprint density at radius 3 is 2.67 bits per heavy atom. The Morgan fingerprint density at radius 1 is 1.58 bits per heavy atom. The van der Waals surface area contributed by atoms with Gasteiger partial charge in [0.05, 0.1) is 11.3 Å². The van der Waals surface area contributed by atoms with Crippen LogP contribution in [0.4, 0.5) is 0 Å². The summed E-state index contributed by atoms with van der Waals surface area (Å²) in [6.07, 6.45) is 0. The zero-order chi connectivity index (χ0) is 9.19. The third kappa shape index (κ3) is 1.29. The predicted molar refractivity (Wildman–Crippen MR) is 44.2 cm³/mol. The molecule has 1 fully saturated rings. The van der Waals surface area contributed by atoms with Gasteiger partial charge in [-0.15, -0.1) is 9.81 Å². The van der Waals surface area contributed by atoms with Crippen LogP contribution in [0.1, 0.15) is 13.8 Å². The molecule has 0 aromatic heterocycles. The van der Waals surface area contributed by atoms with Crippen molar-refractivity contribution < 1.29 is 0 Å². The molecule has 0 saturated carbocycles. The standard InChI is InChI=1S/C6H12N4O2/c1-5-3-7-4-6(2,8-11)10(5)9-12/h5,7H,3-4H2,1-2H3. The third-order valence-corrected chi connectivity index (χ3v) is 2.10. The van der Waals surface area contributed by atoms with Crippen LogP contribution in [0.2, 0.25) is 0 Å². The summed E-state index contributed by atoms with van der Waals surface area (Å²) < 4.78 is 0. The van der Waals surface area contributed by atoms with Crippen molar-refractivity contribution in [3.05, 3.63) is 9.81 Å². The largest absolute Gasteiger partial charge is 0.310 e. The van der Waals surface area contributed by atoms with Gasteiger partial charge in [-0.1, -0.05) is 0 Å². The minimum absolute atomic E-state index is 0.0843. The van der Waals surface area contributed by atoms with Gasteiger partial charge in [-0.3, -0.25) is 0 Å². The molecular formula is C6H12N4O2. The number of rotatable bonds is 2. The summed E-state index contributed by atoms with van der Waals surface area (Å²) >= 11 is 0. The molecular weight excluding hydrogens is 160 g/mol. The Kier molecular flexibility index (Phi) is 2.37. The van der Waals surface area contributed by atoms with E-state index in [0.29, 0.717) is 13.1 Å².